The Morgan fingerprint density at radius 1 is 1.50 bits per heavy atom. The van der Waals surface area contributed by atoms with E-state index in [2.05, 4.69) is 15.6 Å². The van der Waals surface area contributed by atoms with E-state index in [1.165, 1.54) is 18.4 Å². The predicted octanol–water partition coefficient (Wildman–Crippen LogP) is 2.98. The second-order valence-electron chi connectivity index (χ2n) is 3.82. The first-order chi connectivity index (χ1) is 6.77. The Kier molecular flexibility index (Phi) is 2.92. The van der Waals surface area contributed by atoms with Gasteiger partial charge in [-0.3, -0.25) is 0 Å². The van der Waals surface area contributed by atoms with E-state index < -0.39 is 0 Å². The Morgan fingerprint density at radius 2 is 2.36 bits per heavy atom. The summed E-state index contributed by atoms with van der Waals surface area (Å²) in [6, 6.07) is 0. The number of imidazole rings is 1. The van der Waals surface area contributed by atoms with Gasteiger partial charge in [0.15, 0.2) is 0 Å². The van der Waals surface area contributed by atoms with Gasteiger partial charge in [0.2, 0.25) is 0 Å². The van der Waals surface area contributed by atoms with Gasteiger partial charge in [0.05, 0.1) is 5.38 Å². The van der Waals surface area contributed by atoms with Crippen molar-refractivity contribution in [2.75, 3.05) is 0 Å². The summed E-state index contributed by atoms with van der Waals surface area (Å²) in [4.78, 5) is 4.35. The molecule has 0 aromatic carbocycles. The second kappa shape index (κ2) is 4.18. The minimum absolute atomic E-state index is 0.184. The van der Waals surface area contributed by atoms with E-state index in [9.17, 15) is 0 Å². The molecule has 14 heavy (non-hydrogen) atoms. The number of alkyl halides is 1. The monoisotopic (exact) mass is 210 g/mol. The van der Waals surface area contributed by atoms with E-state index >= 15 is 0 Å². The number of aryl methyl sites for hydroxylation is 1. The van der Waals surface area contributed by atoms with E-state index in [-0.39, 0.29) is 5.38 Å². The third kappa shape index (κ3) is 2.01. The van der Waals surface area contributed by atoms with Crippen LogP contribution in [0, 0.1) is 0 Å². The Labute approximate surface area is 89.6 Å². The van der Waals surface area contributed by atoms with Crippen LogP contribution in [-0.2, 0) is 7.05 Å². The van der Waals surface area contributed by atoms with E-state index in [0.29, 0.717) is 0 Å². The lowest BCUT2D eigenvalue weighted by Gasteiger charge is -2.05. The molecule has 1 heterocycles. The normalized spacial score (nSPS) is 23.0. The van der Waals surface area contributed by atoms with Crippen LogP contribution in [0.2, 0.25) is 0 Å². The molecule has 1 aromatic heterocycles. The summed E-state index contributed by atoms with van der Waals surface area (Å²) < 4.78 is 2.06. The van der Waals surface area contributed by atoms with Crippen molar-refractivity contribution in [1.82, 2.24) is 9.55 Å². The fraction of sp³-hybridized carbons (Fsp3) is 0.545. The lowest BCUT2D eigenvalue weighted by atomic mass is 10.1. The maximum Gasteiger partial charge on any atom is 0.135 e. The molecule has 0 fully saturated rings. The van der Waals surface area contributed by atoms with E-state index in [1.807, 2.05) is 19.4 Å². The minimum Gasteiger partial charge on any atom is -0.334 e. The summed E-state index contributed by atoms with van der Waals surface area (Å²) in [5.74, 6) is 1.07. The van der Waals surface area contributed by atoms with Gasteiger partial charge in [0, 0.05) is 19.4 Å². The molecule has 0 saturated heterocycles. The molecule has 3 heteroatoms. The summed E-state index contributed by atoms with van der Waals surface area (Å²) >= 11 is 6.17. The first kappa shape index (κ1) is 9.78. The maximum absolute atomic E-state index is 6.17. The highest BCUT2D eigenvalue weighted by molar-refractivity contribution is 6.22. The molecule has 0 bridgehead atoms. The van der Waals surface area contributed by atoms with Gasteiger partial charge in [-0.15, -0.1) is 11.6 Å². The fourth-order valence-electron chi connectivity index (χ4n) is 1.90. The standard InChI is InChI=1S/C11H15ClN2/c1-14-7-6-13-11(14)9-4-2-3-5-10(12)8-9/h6-8,10H,2-5H2,1H3. The van der Waals surface area contributed by atoms with E-state index in [1.54, 1.807) is 0 Å². The lowest BCUT2D eigenvalue weighted by molar-refractivity contribution is 0.721. The quantitative estimate of drug-likeness (QED) is 0.652. The zero-order chi connectivity index (χ0) is 9.97. The van der Waals surface area contributed by atoms with E-state index in [4.69, 9.17) is 11.6 Å². The van der Waals surface area contributed by atoms with Gasteiger partial charge >= 0.3 is 0 Å². The molecule has 0 N–H and O–H groups in total. The van der Waals surface area contributed by atoms with Crippen molar-refractivity contribution in [3.63, 3.8) is 0 Å². The molecule has 0 amide bonds. The van der Waals surface area contributed by atoms with Crippen LogP contribution in [-0.4, -0.2) is 14.9 Å². The van der Waals surface area contributed by atoms with Crippen LogP contribution in [0.3, 0.4) is 0 Å². The molecule has 1 aliphatic carbocycles. The second-order valence-corrected chi connectivity index (χ2v) is 4.38. The molecule has 1 unspecified atom stereocenters. The smallest absolute Gasteiger partial charge is 0.135 e. The van der Waals surface area contributed by atoms with Crippen LogP contribution in [0.5, 0.6) is 0 Å². The van der Waals surface area contributed by atoms with Crippen molar-refractivity contribution in [3.05, 3.63) is 24.3 Å². The van der Waals surface area contributed by atoms with Crippen molar-refractivity contribution < 1.29 is 0 Å². The average Bonchev–Trinajstić information content (AvgIpc) is 2.45. The molecular formula is C11H15ClN2. The highest BCUT2D eigenvalue weighted by atomic mass is 35.5. The van der Waals surface area contributed by atoms with Crippen LogP contribution < -0.4 is 0 Å². The molecule has 76 valence electrons. The van der Waals surface area contributed by atoms with Crippen molar-refractivity contribution in [1.29, 1.82) is 0 Å². The maximum atomic E-state index is 6.17. The summed E-state index contributed by atoms with van der Waals surface area (Å²) in [6.07, 6.45) is 10.6. The first-order valence-electron chi connectivity index (χ1n) is 5.10. The van der Waals surface area contributed by atoms with Gasteiger partial charge in [-0.2, -0.15) is 0 Å². The Hall–Kier alpha value is -0.760. The van der Waals surface area contributed by atoms with Crippen LogP contribution >= 0.6 is 11.6 Å². The molecule has 1 aromatic rings. The van der Waals surface area contributed by atoms with Gasteiger partial charge in [-0.1, -0.05) is 12.5 Å². The summed E-state index contributed by atoms with van der Waals surface area (Å²) in [7, 11) is 2.03. The first-order valence-corrected chi connectivity index (χ1v) is 5.53. The number of allylic oxidation sites excluding steroid dienone is 2. The van der Waals surface area contributed by atoms with Crippen molar-refractivity contribution in [3.8, 4) is 0 Å². The largest absolute Gasteiger partial charge is 0.334 e. The zero-order valence-electron chi connectivity index (χ0n) is 8.41. The average molecular weight is 211 g/mol. The third-order valence-corrected chi connectivity index (χ3v) is 3.01. The van der Waals surface area contributed by atoms with Crippen molar-refractivity contribution in [2.24, 2.45) is 7.05 Å². The number of halogens is 1. The third-order valence-electron chi connectivity index (χ3n) is 2.67. The van der Waals surface area contributed by atoms with Crippen LogP contribution in [0.4, 0.5) is 0 Å². The Balaban J connectivity index is 2.28. The lowest BCUT2D eigenvalue weighted by Crippen LogP contribution is -1.98. The molecule has 0 saturated carbocycles. The Bertz CT molecular complexity index is 341. The summed E-state index contributed by atoms with van der Waals surface area (Å²) in [6.45, 7) is 0. The molecule has 0 radical (unpaired) electrons. The molecule has 2 nitrogen and oxygen atoms in total. The topological polar surface area (TPSA) is 17.8 Å². The van der Waals surface area contributed by atoms with Crippen LogP contribution in [0.1, 0.15) is 31.5 Å². The van der Waals surface area contributed by atoms with Gasteiger partial charge in [-0.25, -0.2) is 4.98 Å². The number of hydrogen-bond acceptors (Lipinski definition) is 1. The van der Waals surface area contributed by atoms with Gasteiger partial charge in [-0.05, 0) is 24.8 Å². The van der Waals surface area contributed by atoms with Crippen molar-refractivity contribution in [2.45, 2.75) is 31.1 Å². The number of hydrogen-bond donors (Lipinski definition) is 0. The van der Waals surface area contributed by atoms with Gasteiger partial charge in [0.1, 0.15) is 5.82 Å². The number of rotatable bonds is 1. The zero-order valence-corrected chi connectivity index (χ0v) is 9.17. The highest BCUT2D eigenvalue weighted by Gasteiger charge is 2.13. The number of nitrogens with zero attached hydrogens (tertiary/aromatic N) is 2. The SMILES string of the molecule is Cn1ccnc1C1=CC(Cl)CCCC1. The van der Waals surface area contributed by atoms with Crippen LogP contribution in [0.15, 0.2) is 18.5 Å². The molecule has 0 aliphatic heterocycles. The minimum atomic E-state index is 0.184. The molecule has 2 rings (SSSR count). The Morgan fingerprint density at radius 3 is 3.07 bits per heavy atom. The molecular weight excluding hydrogens is 196 g/mol. The summed E-state index contributed by atoms with van der Waals surface area (Å²) in [5.41, 5.74) is 1.30. The van der Waals surface area contributed by atoms with Gasteiger partial charge < -0.3 is 4.57 Å². The molecule has 1 aliphatic rings. The van der Waals surface area contributed by atoms with Crippen LogP contribution in [0.25, 0.3) is 5.57 Å². The number of aromatic nitrogens is 2. The summed E-state index contributed by atoms with van der Waals surface area (Å²) in [5, 5.41) is 0.184. The fourth-order valence-corrected chi connectivity index (χ4v) is 2.21. The molecule has 1 atom stereocenters. The van der Waals surface area contributed by atoms with Crippen molar-refractivity contribution >= 4 is 17.2 Å². The molecule has 0 spiro atoms. The van der Waals surface area contributed by atoms with Gasteiger partial charge in [0.25, 0.3) is 0 Å². The van der Waals surface area contributed by atoms with E-state index in [0.717, 1.165) is 18.7 Å². The highest BCUT2D eigenvalue weighted by Crippen LogP contribution is 2.26. The predicted molar refractivity (Wildman–Crippen MR) is 59.3 cm³/mol.